The smallest absolute Gasteiger partial charge is 0.191 e. The topological polar surface area (TPSA) is 52.0 Å². The van der Waals surface area contributed by atoms with Gasteiger partial charge in [0.15, 0.2) is 5.89 Å². The van der Waals surface area contributed by atoms with E-state index >= 15 is 0 Å². The first-order chi connectivity index (χ1) is 7.61. The molecule has 0 aliphatic carbocycles. The van der Waals surface area contributed by atoms with Gasteiger partial charge >= 0.3 is 0 Å². The van der Waals surface area contributed by atoms with E-state index in [4.69, 9.17) is 10.2 Å². The van der Waals surface area contributed by atoms with Crippen molar-refractivity contribution in [2.45, 2.75) is 27.3 Å². The molecule has 0 saturated carbocycles. The van der Waals surface area contributed by atoms with Crippen molar-refractivity contribution in [1.29, 1.82) is 0 Å². The van der Waals surface area contributed by atoms with Gasteiger partial charge in [0.05, 0.1) is 6.54 Å². The zero-order valence-electron chi connectivity index (χ0n) is 9.87. The summed E-state index contributed by atoms with van der Waals surface area (Å²) in [4.78, 5) is 4.40. The maximum Gasteiger partial charge on any atom is 0.191 e. The molecule has 84 valence electrons. The summed E-state index contributed by atoms with van der Waals surface area (Å²) in [5.74, 6) is 1.42. The zero-order chi connectivity index (χ0) is 11.7. The standard InChI is InChI=1S/C13H16N2O/c1-8-4-5-11(9(2)6-8)13-12(7-14)16-10(3)15-13/h4-6H,7,14H2,1-3H3. The van der Waals surface area contributed by atoms with E-state index in [0.717, 1.165) is 17.0 Å². The van der Waals surface area contributed by atoms with Crippen LogP contribution in [0.5, 0.6) is 0 Å². The molecule has 2 rings (SSSR count). The molecule has 3 nitrogen and oxygen atoms in total. The van der Waals surface area contributed by atoms with Gasteiger partial charge in [-0.05, 0) is 19.4 Å². The Bertz CT molecular complexity index is 515. The maximum absolute atomic E-state index is 5.65. The molecule has 2 aromatic rings. The summed E-state index contributed by atoms with van der Waals surface area (Å²) in [6.45, 7) is 6.37. The lowest BCUT2D eigenvalue weighted by Gasteiger charge is -2.04. The Kier molecular flexibility index (Phi) is 2.79. The van der Waals surface area contributed by atoms with Crippen LogP contribution in [0.25, 0.3) is 11.3 Å². The third kappa shape index (κ3) is 1.86. The molecule has 0 saturated heterocycles. The SMILES string of the molecule is Cc1ccc(-c2nc(C)oc2CN)c(C)c1. The van der Waals surface area contributed by atoms with E-state index in [-0.39, 0.29) is 0 Å². The third-order valence-electron chi connectivity index (χ3n) is 2.63. The van der Waals surface area contributed by atoms with Crippen molar-refractivity contribution >= 4 is 0 Å². The summed E-state index contributed by atoms with van der Waals surface area (Å²) in [5.41, 5.74) is 10.1. The van der Waals surface area contributed by atoms with E-state index in [1.807, 2.05) is 6.92 Å². The Hall–Kier alpha value is -1.61. The van der Waals surface area contributed by atoms with Gasteiger partial charge in [-0.25, -0.2) is 4.98 Å². The Morgan fingerprint density at radius 3 is 2.62 bits per heavy atom. The van der Waals surface area contributed by atoms with Crippen LogP contribution in [0.15, 0.2) is 22.6 Å². The number of aromatic nitrogens is 1. The van der Waals surface area contributed by atoms with Gasteiger partial charge in [-0.2, -0.15) is 0 Å². The Labute approximate surface area is 95.3 Å². The molecule has 16 heavy (non-hydrogen) atoms. The number of oxazole rings is 1. The molecule has 0 radical (unpaired) electrons. The predicted molar refractivity (Wildman–Crippen MR) is 64.0 cm³/mol. The van der Waals surface area contributed by atoms with Crippen LogP contribution in [-0.2, 0) is 6.54 Å². The van der Waals surface area contributed by atoms with Crippen molar-refractivity contribution in [2.75, 3.05) is 0 Å². The highest BCUT2D eigenvalue weighted by Crippen LogP contribution is 2.27. The highest BCUT2D eigenvalue weighted by molar-refractivity contribution is 5.65. The van der Waals surface area contributed by atoms with Crippen molar-refractivity contribution in [2.24, 2.45) is 5.73 Å². The highest BCUT2D eigenvalue weighted by Gasteiger charge is 2.13. The van der Waals surface area contributed by atoms with Crippen LogP contribution in [0.4, 0.5) is 0 Å². The number of nitrogens with zero attached hydrogens (tertiary/aromatic N) is 1. The molecule has 3 heteroatoms. The second kappa shape index (κ2) is 4.10. The van der Waals surface area contributed by atoms with Crippen LogP contribution in [0.3, 0.4) is 0 Å². The molecule has 0 spiro atoms. The first-order valence-corrected chi connectivity index (χ1v) is 5.36. The molecule has 0 aliphatic heterocycles. The molecule has 1 aromatic carbocycles. The van der Waals surface area contributed by atoms with Crippen molar-refractivity contribution in [1.82, 2.24) is 4.98 Å². The Morgan fingerprint density at radius 2 is 2.00 bits per heavy atom. The quantitative estimate of drug-likeness (QED) is 0.839. The zero-order valence-corrected chi connectivity index (χ0v) is 9.87. The molecular formula is C13H16N2O. The van der Waals surface area contributed by atoms with Gasteiger partial charge in [0.1, 0.15) is 11.5 Å². The van der Waals surface area contributed by atoms with Crippen LogP contribution >= 0.6 is 0 Å². The Morgan fingerprint density at radius 1 is 1.25 bits per heavy atom. The number of aryl methyl sites for hydroxylation is 3. The van der Waals surface area contributed by atoms with Crippen LogP contribution < -0.4 is 5.73 Å². The molecule has 1 heterocycles. The van der Waals surface area contributed by atoms with Crippen molar-refractivity contribution in [3.8, 4) is 11.3 Å². The number of benzene rings is 1. The van der Waals surface area contributed by atoms with Gasteiger partial charge in [-0.15, -0.1) is 0 Å². The largest absolute Gasteiger partial charge is 0.444 e. The van der Waals surface area contributed by atoms with Crippen LogP contribution in [0.1, 0.15) is 22.8 Å². The normalized spacial score (nSPS) is 10.8. The second-order valence-electron chi connectivity index (χ2n) is 4.03. The molecule has 1 aromatic heterocycles. The minimum atomic E-state index is 0.378. The fourth-order valence-corrected chi connectivity index (χ4v) is 1.90. The minimum absolute atomic E-state index is 0.378. The average Bonchev–Trinajstić information content (AvgIpc) is 2.59. The van der Waals surface area contributed by atoms with E-state index in [2.05, 4.69) is 37.0 Å². The summed E-state index contributed by atoms with van der Waals surface area (Å²) in [6.07, 6.45) is 0. The predicted octanol–water partition coefficient (Wildman–Crippen LogP) is 2.73. The molecular weight excluding hydrogens is 200 g/mol. The van der Waals surface area contributed by atoms with E-state index in [1.54, 1.807) is 0 Å². The van der Waals surface area contributed by atoms with E-state index in [1.165, 1.54) is 11.1 Å². The molecule has 0 fully saturated rings. The van der Waals surface area contributed by atoms with Crippen molar-refractivity contribution in [3.05, 3.63) is 41.0 Å². The van der Waals surface area contributed by atoms with E-state index < -0.39 is 0 Å². The van der Waals surface area contributed by atoms with Gasteiger partial charge in [0.25, 0.3) is 0 Å². The summed E-state index contributed by atoms with van der Waals surface area (Å²) in [7, 11) is 0. The summed E-state index contributed by atoms with van der Waals surface area (Å²) >= 11 is 0. The number of hydrogen-bond acceptors (Lipinski definition) is 3. The molecule has 0 amide bonds. The lowest BCUT2D eigenvalue weighted by molar-refractivity contribution is 0.477. The van der Waals surface area contributed by atoms with Crippen molar-refractivity contribution < 1.29 is 4.42 Å². The van der Waals surface area contributed by atoms with Crippen LogP contribution in [0.2, 0.25) is 0 Å². The summed E-state index contributed by atoms with van der Waals surface area (Å²) < 4.78 is 5.47. The van der Waals surface area contributed by atoms with Gasteiger partial charge in [0, 0.05) is 12.5 Å². The van der Waals surface area contributed by atoms with Gasteiger partial charge in [0.2, 0.25) is 0 Å². The molecule has 0 unspecified atom stereocenters. The van der Waals surface area contributed by atoms with E-state index in [9.17, 15) is 0 Å². The first kappa shape index (κ1) is 10.9. The minimum Gasteiger partial charge on any atom is -0.444 e. The third-order valence-corrected chi connectivity index (χ3v) is 2.63. The fraction of sp³-hybridized carbons (Fsp3) is 0.308. The fourth-order valence-electron chi connectivity index (χ4n) is 1.90. The molecule has 2 N–H and O–H groups in total. The number of hydrogen-bond donors (Lipinski definition) is 1. The van der Waals surface area contributed by atoms with Gasteiger partial charge in [-0.1, -0.05) is 23.8 Å². The second-order valence-corrected chi connectivity index (χ2v) is 4.03. The molecule has 0 aliphatic rings. The van der Waals surface area contributed by atoms with Gasteiger partial charge < -0.3 is 10.2 Å². The monoisotopic (exact) mass is 216 g/mol. The lowest BCUT2D eigenvalue weighted by Crippen LogP contribution is -1.97. The molecule has 0 bridgehead atoms. The van der Waals surface area contributed by atoms with Gasteiger partial charge in [-0.3, -0.25) is 0 Å². The first-order valence-electron chi connectivity index (χ1n) is 5.36. The molecule has 0 atom stereocenters. The highest BCUT2D eigenvalue weighted by atomic mass is 16.4. The Balaban J connectivity index is 2.57. The number of rotatable bonds is 2. The number of nitrogens with two attached hydrogens (primary N) is 1. The summed E-state index contributed by atoms with van der Waals surface area (Å²) in [5, 5.41) is 0. The lowest BCUT2D eigenvalue weighted by atomic mass is 10.0. The van der Waals surface area contributed by atoms with E-state index in [0.29, 0.717) is 12.4 Å². The van der Waals surface area contributed by atoms with Crippen molar-refractivity contribution in [3.63, 3.8) is 0 Å². The van der Waals surface area contributed by atoms with Crippen LogP contribution in [-0.4, -0.2) is 4.98 Å². The summed E-state index contributed by atoms with van der Waals surface area (Å²) in [6, 6.07) is 6.29. The van der Waals surface area contributed by atoms with Crippen LogP contribution in [0, 0.1) is 20.8 Å². The maximum atomic E-state index is 5.65. The average molecular weight is 216 g/mol.